The Labute approximate surface area is 190 Å². The van der Waals surface area contributed by atoms with E-state index in [1.165, 1.54) is 11.1 Å². The van der Waals surface area contributed by atoms with Gasteiger partial charge in [-0.1, -0.05) is 58.9 Å². The summed E-state index contributed by atoms with van der Waals surface area (Å²) in [6, 6.07) is 11.2. The lowest BCUT2D eigenvalue weighted by Crippen LogP contribution is -2.27. The summed E-state index contributed by atoms with van der Waals surface area (Å²) < 4.78 is 1.82. The summed E-state index contributed by atoms with van der Waals surface area (Å²) in [5.41, 5.74) is 15.0. The van der Waals surface area contributed by atoms with E-state index in [0.717, 1.165) is 40.1 Å². The van der Waals surface area contributed by atoms with Gasteiger partial charge in [-0.05, 0) is 53.9 Å². The quantitative estimate of drug-likeness (QED) is 0.394. The molecule has 0 saturated carbocycles. The average Bonchev–Trinajstić information content (AvgIpc) is 3.41. The van der Waals surface area contributed by atoms with Crippen molar-refractivity contribution in [1.82, 2.24) is 24.8 Å². The molecule has 4 rings (SSSR count). The molecular weight excluding hydrogens is 396 g/mol. The van der Waals surface area contributed by atoms with Crippen LogP contribution in [0.15, 0.2) is 42.9 Å². The lowest BCUT2D eigenvalue weighted by molar-refractivity contribution is 0.436. The van der Waals surface area contributed by atoms with Crippen molar-refractivity contribution in [2.75, 3.05) is 0 Å². The highest BCUT2D eigenvalue weighted by Gasteiger charge is 2.21. The van der Waals surface area contributed by atoms with Crippen LogP contribution in [0, 0.1) is 12.8 Å². The largest absolute Gasteiger partial charge is 0.327 e. The van der Waals surface area contributed by atoms with Gasteiger partial charge in [0.1, 0.15) is 6.33 Å². The molecule has 32 heavy (non-hydrogen) atoms. The van der Waals surface area contributed by atoms with Crippen LogP contribution in [0.2, 0.25) is 0 Å². The van der Waals surface area contributed by atoms with E-state index in [0.29, 0.717) is 17.8 Å². The van der Waals surface area contributed by atoms with Crippen molar-refractivity contribution in [2.45, 2.75) is 65.8 Å². The predicted molar refractivity (Wildman–Crippen MR) is 131 cm³/mol. The normalized spacial score (nSPS) is 13.9. The number of rotatable bonds is 7. The van der Waals surface area contributed by atoms with Crippen LogP contribution in [0.4, 0.5) is 0 Å². The molecule has 1 unspecified atom stereocenters. The minimum Gasteiger partial charge on any atom is -0.327 e. The SMILES string of the molecule is Cc1cc(-c2n[nH]c(-c3ccc([C@@H](C)CC(N)C(C)C)cc3)c2C(C)C)cn2ncnc12. The van der Waals surface area contributed by atoms with E-state index in [-0.39, 0.29) is 6.04 Å². The molecule has 168 valence electrons. The third kappa shape index (κ3) is 4.19. The molecule has 2 atom stereocenters. The molecule has 0 bridgehead atoms. The number of aromatic amines is 1. The maximum absolute atomic E-state index is 6.30. The summed E-state index contributed by atoms with van der Waals surface area (Å²) in [6.45, 7) is 13.1. The van der Waals surface area contributed by atoms with Gasteiger partial charge in [0.2, 0.25) is 0 Å². The number of fused-ring (bicyclic) bond motifs is 1. The Morgan fingerprint density at radius 3 is 2.41 bits per heavy atom. The van der Waals surface area contributed by atoms with E-state index in [1.807, 2.05) is 10.7 Å². The summed E-state index contributed by atoms with van der Waals surface area (Å²) in [4.78, 5) is 4.33. The first-order valence-corrected chi connectivity index (χ1v) is 11.5. The average molecular weight is 431 g/mol. The Morgan fingerprint density at radius 1 is 1.03 bits per heavy atom. The maximum Gasteiger partial charge on any atom is 0.158 e. The molecule has 0 aliphatic carbocycles. The smallest absolute Gasteiger partial charge is 0.158 e. The summed E-state index contributed by atoms with van der Waals surface area (Å²) in [5, 5.41) is 12.4. The molecule has 0 fully saturated rings. The van der Waals surface area contributed by atoms with Crippen LogP contribution in [-0.4, -0.2) is 30.8 Å². The number of hydrogen-bond donors (Lipinski definition) is 2. The molecule has 0 aliphatic heterocycles. The first kappa shape index (κ1) is 22.2. The molecule has 1 aromatic carbocycles. The Morgan fingerprint density at radius 2 is 1.75 bits per heavy atom. The molecule has 4 aromatic rings. The van der Waals surface area contributed by atoms with Gasteiger partial charge in [0.25, 0.3) is 0 Å². The number of nitrogens with two attached hydrogens (primary N) is 1. The van der Waals surface area contributed by atoms with Crippen molar-refractivity contribution < 1.29 is 0 Å². The van der Waals surface area contributed by atoms with Crippen molar-refractivity contribution in [3.8, 4) is 22.5 Å². The third-order valence-electron chi connectivity index (χ3n) is 6.46. The van der Waals surface area contributed by atoms with Gasteiger partial charge in [-0.15, -0.1) is 0 Å². The zero-order valence-electron chi connectivity index (χ0n) is 19.9. The van der Waals surface area contributed by atoms with Gasteiger partial charge in [0.15, 0.2) is 5.65 Å². The number of aromatic nitrogens is 5. The van der Waals surface area contributed by atoms with E-state index in [9.17, 15) is 0 Å². The highest BCUT2D eigenvalue weighted by atomic mass is 15.3. The van der Waals surface area contributed by atoms with Crippen molar-refractivity contribution in [2.24, 2.45) is 11.7 Å². The van der Waals surface area contributed by atoms with Crippen LogP contribution in [0.5, 0.6) is 0 Å². The highest BCUT2D eigenvalue weighted by Crippen LogP contribution is 2.36. The molecule has 6 heteroatoms. The number of nitrogens with zero attached hydrogens (tertiary/aromatic N) is 4. The topological polar surface area (TPSA) is 84.9 Å². The first-order chi connectivity index (χ1) is 15.3. The van der Waals surface area contributed by atoms with Crippen LogP contribution >= 0.6 is 0 Å². The number of nitrogens with one attached hydrogen (secondary N) is 1. The molecule has 0 radical (unpaired) electrons. The standard InChI is InChI=1S/C26H34N6/c1-15(2)22(27)12-17(5)19-7-9-20(10-8-19)24-23(16(3)4)25(31-30-24)21-11-18(6)26-28-14-29-32(26)13-21/h7-11,13-17,22H,12,27H2,1-6H3,(H,30,31)/t17-,22?/m0/s1. The number of aryl methyl sites for hydroxylation is 1. The summed E-state index contributed by atoms with van der Waals surface area (Å²) in [5.74, 6) is 1.24. The number of hydrogen-bond acceptors (Lipinski definition) is 4. The van der Waals surface area contributed by atoms with E-state index in [1.54, 1.807) is 6.33 Å². The van der Waals surface area contributed by atoms with Crippen molar-refractivity contribution in [1.29, 1.82) is 0 Å². The fourth-order valence-electron chi connectivity index (χ4n) is 4.37. The van der Waals surface area contributed by atoms with Crippen molar-refractivity contribution >= 4 is 5.65 Å². The molecule has 0 spiro atoms. The van der Waals surface area contributed by atoms with E-state index in [4.69, 9.17) is 10.8 Å². The molecule has 0 saturated heterocycles. The number of pyridine rings is 1. The molecule has 3 N–H and O–H groups in total. The molecule has 0 amide bonds. The van der Waals surface area contributed by atoms with Gasteiger partial charge in [-0.25, -0.2) is 9.50 Å². The Bertz CT molecular complexity index is 1200. The molecule has 6 nitrogen and oxygen atoms in total. The Kier molecular flexibility index (Phi) is 6.15. The van der Waals surface area contributed by atoms with Crippen molar-refractivity contribution in [3.63, 3.8) is 0 Å². The monoisotopic (exact) mass is 430 g/mol. The second-order valence-electron chi connectivity index (χ2n) is 9.62. The van der Waals surface area contributed by atoms with Crippen LogP contribution in [0.1, 0.15) is 69.6 Å². The number of H-pyrrole nitrogens is 1. The zero-order valence-corrected chi connectivity index (χ0v) is 19.9. The van der Waals surface area contributed by atoms with E-state index in [2.05, 4.69) is 87.1 Å². The first-order valence-electron chi connectivity index (χ1n) is 11.5. The summed E-state index contributed by atoms with van der Waals surface area (Å²) in [6.07, 6.45) is 4.58. The third-order valence-corrected chi connectivity index (χ3v) is 6.46. The van der Waals surface area contributed by atoms with Crippen LogP contribution in [-0.2, 0) is 0 Å². The van der Waals surface area contributed by atoms with Gasteiger partial charge in [-0.2, -0.15) is 10.2 Å². The fourth-order valence-corrected chi connectivity index (χ4v) is 4.37. The molecule has 0 aliphatic rings. The number of benzene rings is 1. The second-order valence-corrected chi connectivity index (χ2v) is 9.62. The maximum atomic E-state index is 6.30. The zero-order chi connectivity index (χ0) is 23.0. The minimum atomic E-state index is 0.221. The molecular formula is C26H34N6. The predicted octanol–water partition coefficient (Wildman–Crippen LogP) is 5.70. The minimum absolute atomic E-state index is 0.221. The molecule has 3 heterocycles. The summed E-state index contributed by atoms with van der Waals surface area (Å²) in [7, 11) is 0. The highest BCUT2D eigenvalue weighted by molar-refractivity contribution is 5.75. The van der Waals surface area contributed by atoms with Gasteiger partial charge < -0.3 is 5.73 Å². The fraction of sp³-hybridized carbons (Fsp3) is 0.423. The van der Waals surface area contributed by atoms with Gasteiger partial charge in [0.05, 0.1) is 11.4 Å². The lowest BCUT2D eigenvalue weighted by Gasteiger charge is -2.20. The van der Waals surface area contributed by atoms with E-state index >= 15 is 0 Å². The van der Waals surface area contributed by atoms with Crippen LogP contribution in [0.25, 0.3) is 28.2 Å². The lowest BCUT2D eigenvalue weighted by atomic mass is 9.88. The van der Waals surface area contributed by atoms with Gasteiger partial charge >= 0.3 is 0 Å². The van der Waals surface area contributed by atoms with Gasteiger partial charge in [0, 0.05) is 23.4 Å². The van der Waals surface area contributed by atoms with Crippen LogP contribution < -0.4 is 5.73 Å². The Hall–Kier alpha value is -2.99. The van der Waals surface area contributed by atoms with Crippen molar-refractivity contribution in [3.05, 3.63) is 59.5 Å². The molecule has 3 aromatic heterocycles. The Balaban J connectivity index is 1.68. The van der Waals surface area contributed by atoms with Crippen LogP contribution in [0.3, 0.4) is 0 Å². The van der Waals surface area contributed by atoms with E-state index < -0.39 is 0 Å². The van der Waals surface area contributed by atoms with Gasteiger partial charge in [-0.3, -0.25) is 5.10 Å². The second kappa shape index (κ2) is 8.87. The summed E-state index contributed by atoms with van der Waals surface area (Å²) >= 11 is 0.